The molecule has 2 amide bonds. The molecule has 0 aliphatic rings. The van der Waals surface area contributed by atoms with Crippen LogP contribution < -0.4 is 11.1 Å². The van der Waals surface area contributed by atoms with Crippen molar-refractivity contribution in [3.05, 3.63) is 56.7 Å². The lowest BCUT2D eigenvalue weighted by Gasteiger charge is -2.13. The van der Waals surface area contributed by atoms with Gasteiger partial charge in [0, 0.05) is 22.5 Å². The van der Waals surface area contributed by atoms with E-state index >= 15 is 0 Å². The van der Waals surface area contributed by atoms with Crippen molar-refractivity contribution in [3.8, 4) is 0 Å². The lowest BCUT2D eigenvalue weighted by atomic mass is 10.1. The summed E-state index contributed by atoms with van der Waals surface area (Å²) in [6.45, 7) is 0.0202. The Hall–Kier alpha value is -1.89. The standard InChI is InChI=1S/C14H13ClN2O3S/c15-10-4-2-1-3-9(10)11(18)6-17-14(20)12-5-8(7-21-12)13(16)19/h1-5,7,11,18H,6H2,(H2,16,19)(H,17,20). The van der Waals surface area contributed by atoms with E-state index < -0.39 is 12.0 Å². The number of primary amides is 1. The Labute approximate surface area is 130 Å². The van der Waals surface area contributed by atoms with Crippen molar-refractivity contribution in [2.45, 2.75) is 6.10 Å². The molecule has 1 aromatic heterocycles. The quantitative estimate of drug-likeness (QED) is 0.785. The predicted octanol–water partition coefficient (Wildman–Crippen LogP) is 1.96. The molecule has 0 aliphatic heterocycles. The van der Waals surface area contributed by atoms with Gasteiger partial charge in [-0.15, -0.1) is 11.3 Å². The highest BCUT2D eigenvalue weighted by atomic mass is 35.5. The molecule has 21 heavy (non-hydrogen) atoms. The number of hydrogen-bond acceptors (Lipinski definition) is 4. The third-order valence-corrected chi connectivity index (χ3v) is 4.10. The van der Waals surface area contributed by atoms with Crippen molar-refractivity contribution in [1.82, 2.24) is 5.32 Å². The van der Waals surface area contributed by atoms with Gasteiger partial charge in [-0.1, -0.05) is 29.8 Å². The van der Waals surface area contributed by atoms with Gasteiger partial charge in [0.1, 0.15) is 0 Å². The summed E-state index contributed by atoms with van der Waals surface area (Å²) in [5, 5.41) is 14.6. The van der Waals surface area contributed by atoms with Gasteiger partial charge in [-0.25, -0.2) is 0 Å². The largest absolute Gasteiger partial charge is 0.387 e. The van der Waals surface area contributed by atoms with Gasteiger partial charge >= 0.3 is 0 Å². The van der Waals surface area contributed by atoms with Crippen molar-refractivity contribution in [3.63, 3.8) is 0 Å². The molecular formula is C14H13ClN2O3S. The van der Waals surface area contributed by atoms with Crippen LogP contribution in [0.1, 0.15) is 31.7 Å². The van der Waals surface area contributed by atoms with E-state index in [1.807, 2.05) is 0 Å². The van der Waals surface area contributed by atoms with Crippen LogP contribution in [0.15, 0.2) is 35.7 Å². The summed E-state index contributed by atoms with van der Waals surface area (Å²) in [6, 6.07) is 8.29. The number of nitrogens with two attached hydrogens (primary N) is 1. The fourth-order valence-corrected chi connectivity index (χ4v) is 2.79. The number of rotatable bonds is 5. The van der Waals surface area contributed by atoms with Gasteiger partial charge < -0.3 is 16.2 Å². The van der Waals surface area contributed by atoms with Crippen LogP contribution in [0, 0.1) is 0 Å². The Bertz CT molecular complexity index is 672. The van der Waals surface area contributed by atoms with Gasteiger partial charge in [0.2, 0.25) is 5.91 Å². The maximum absolute atomic E-state index is 11.9. The second-order valence-corrected chi connectivity index (χ2v) is 5.63. The molecule has 110 valence electrons. The summed E-state index contributed by atoms with van der Waals surface area (Å²) in [6.07, 6.45) is -0.904. The van der Waals surface area contributed by atoms with Crippen molar-refractivity contribution >= 4 is 34.8 Å². The molecule has 1 heterocycles. The smallest absolute Gasteiger partial charge is 0.261 e. The normalized spacial score (nSPS) is 11.9. The minimum Gasteiger partial charge on any atom is -0.387 e. The molecule has 0 fully saturated rings. The van der Waals surface area contributed by atoms with Crippen molar-refractivity contribution in [2.24, 2.45) is 5.73 Å². The Balaban J connectivity index is 1.97. The first-order valence-electron chi connectivity index (χ1n) is 6.08. The molecule has 2 rings (SSSR count). The average molecular weight is 325 g/mol. The Morgan fingerprint density at radius 1 is 1.38 bits per heavy atom. The molecule has 0 spiro atoms. The van der Waals surface area contributed by atoms with E-state index in [1.165, 1.54) is 11.4 Å². The summed E-state index contributed by atoms with van der Waals surface area (Å²) >= 11 is 7.08. The summed E-state index contributed by atoms with van der Waals surface area (Å²) in [7, 11) is 0. The van der Waals surface area contributed by atoms with Crippen molar-refractivity contribution < 1.29 is 14.7 Å². The van der Waals surface area contributed by atoms with Crippen LogP contribution in [0.5, 0.6) is 0 Å². The Morgan fingerprint density at radius 3 is 2.71 bits per heavy atom. The van der Waals surface area contributed by atoms with Crippen LogP contribution in [0.3, 0.4) is 0 Å². The lowest BCUT2D eigenvalue weighted by molar-refractivity contribution is 0.0920. The zero-order valence-electron chi connectivity index (χ0n) is 10.9. The SMILES string of the molecule is NC(=O)c1csc(C(=O)NCC(O)c2ccccc2Cl)c1. The van der Waals surface area contributed by atoms with E-state index in [9.17, 15) is 14.7 Å². The minimum absolute atomic E-state index is 0.0202. The molecule has 1 aromatic carbocycles. The summed E-state index contributed by atoms with van der Waals surface area (Å²) in [4.78, 5) is 23.2. The molecule has 0 radical (unpaired) electrons. The number of aliphatic hydroxyl groups is 1. The number of halogens is 1. The molecule has 1 unspecified atom stereocenters. The molecular weight excluding hydrogens is 312 g/mol. The predicted molar refractivity (Wildman–Crippen MR) is 81.6 cm³/mol. The zero-order valence-corrected chi connectivity index (χ0v) is 12.4. The molecule has 7 heteroatoms. The van der Waals surface area contributed by atoms with Gasteiger partial charge in [0.25, 0.3) is 5.91 Å². The van der Waals surface area contributed by atoms with Crippen LogP contribution >= 0.6 is 22.9 Å². The van der Waals surface area contributed by atoms with Crippen molar-refractivity contribution in [1.29, 1.82) is 0 Å². The van der Waals surface area contributed by atoms with Gasteiger partial charge in [-0.05, 0) is 12.1 Å². The van der Waals surface area contributed by atoms with Crippen LogP contribution in [-0.2, 0) is 0 Å². The number of nitrogens with one attached hydrogen (secondary N) is 1. The minimum atomic E-state index is -0.904. The molecule has 0 saturated heterocycles. The number of benzene rings is 1. The molecule has 0 saturated carbocycles. The highest BCUT2D eigenvalue weighted by Crippen LogP contribution is 2.22. The summed E-state index contributed by atoms with van der Waals surface area (Å²) in [5.41, 5.74) is 5.96. The molecule has 2 aromatic rings. The number of aliphatic hydroxyl groups excluding tert-OH is 1. The van der Waals surface area contributed by atoms with E-state index in [2.05, 4.69) is 5.32 Å². The summed E-state index contributed by atoms with van der Waals surface area (Å²) < 4.78 is 0. The average Bonchev–Trinajstić information content (AvgIpc) is 2.95. The van der Waals surface area contributed by atoms with Crippen LogP contribution in [0.25, 0.3) is 0 Å². The lowest BCUT2D eigenvalue weighted by Crippen LogP contribution is -2.27. The highest BCUT2D eigenvalue weighted by molar-refractivity contribution is 7.12. The first-order chi connectivity index (χ1) is 9.99. The second-order valence-electron chi connectivity index (χ2n) is 4.31. The Morgan fingerprint density at radius 2 is 2.10 bits per heavy atom. The first-order valence-corrected chi connectivity index (χ1v) is 7.34. The van der Waals surface area contributed by atoms with Gasteiger partial charge in [-0.2, -0.15) is 0 Å². The maximum Gasteiger partial charge on any atom is 0.261 e. The van der Waals surface area contributed by atoms with Gasteiger partial charge in [0.15, 0.2) is 0 Å². The second kappa shape index (κ2) is 6.71. The number of thiophene rings is 1. The third-order valence-electron chi connectivity index (χ3n) is 2.83. The van der Waals surface area contributed by atoms with Gasteiger partial charge in [-0.3, -0.25) is 9.59 Å². The molecule has 5 nitrogen and oxygen atoms in total. The van der Waals surface area contributed by atoms with Crippen LogP contribution in [0.4, 0.5) is 0 Å². The topological polar surface area (TPSA) is 92.4 Å². The zero-order chi connectivity index (χ0) is 15.4. The van der Waals surface area contributed by atoms with E-state index in [4.69, 9.17) is 17.3 Å². The van der Waals surface area contributed by atoms with Crippen molar-refractivity contribution in [2.75, 3.05) is 6.54 Å². The van der Waals surface area contributed by atoms with Crippen LogP contribution in [0.2, 0.25) is 5.02 Å². The number of carbonyl (C=O) groups is 2. The molecule has 1 atom stereocenters. The molecule has 4 N–H and O–H groups in total. The fraction of sp³-hybridized carbons (Fsp3) is 0.143. The fourth-order valence-electron chi connectivity index (χ4n) is 1.72. The van der Waals surface area contributed by atoms with Crippen LogP contribution in [-0.4, -0.2) is 23.5 Å². The van der Waals surface area contributed by atoms with E-state index in [0.717, 1.165) is 11.3 Å². The molecule has 0 bridgehead atoms. The Kier molecular flexibility index (Phi) is 4.95. The van der Waals surface area contributed by atoms with E-state index in [1.54, 1.807) is 24.3 Å². The first kappa shape index (κ1) is 15.5. The number of hydrogen-bond donors (Lipinski definition) is 3. The number of carbonyl (C=O) groups excluding carboxylic acids is 2. The van der Waals surface area contributed by atoms with E-state index in [-0.39, 0.29) is 18.0 Å². The highest BCUT2D eigenvalue weighted by Gasteiger charge is 2.15. The van der Waals surface area contributed by atoms with E-state index in [0.29, 0.717) is 15.5 Å². The monoisotopic (exact) mass is 324 g/mol. The van der Waals surface area contributed by atoms with Gasteiger partial charge in [0.05, 0.1) is 16.5 Å². The maximum atomic E-state index is 11.9. The summed E-state index contributed by atoms with van der Waals surface area (Å²) in [5.74, 6) is -0.958. The number of amides is 2. The molecule has 0 aliphatic carbocycles. The third kappa shape index (κ3) is 3.81.